The molecule has 0 aliphatic rings. The monoisotopic (exact) mass is 320 g/mol. The molecule has 0 saturated heterocycles. The fraction of sp³-hybridized carbons (Fsp3) is 0.0667. The minimum Gasteiger partial charge on any atom is -0.507 e. The van der Waals surface area contributed by atoms with Gasteiger partial charge in [0.15, 0.2) is 0 Å². The summed E-state index contributed by atoms with van der Waals surface area (Å²) in [5, 5.41) is 10.2. The lowest BCUT2D eigenvalue weighted by Crippen LogP contribution is -2.28. The number of thiocarbonyl (C=S) groups is 1. The summed E-state index contributed by atoms with van der Waals surface area (Å²) in [4.78, 5) is 14.1. The molecule has 0 aliphatic carbocycles. The molecule has 0 saturated carbocycles. The summed E-state index contributed by atoms with van der Waals surface area (Å²) < 4.78 is 0. The molecule has 4 nitrogen and oxygen atoms in total. The lowest BCUT2D eigenvalue weighted by molar-refractivity contribution is 0.0990. The van der Waals surface area contributed by atoms with Crippen LogP contribution in [0.25, 0.3) is 0 Å². The third kappa shape index (κ3) is 3.15. The lowest BCUT2D eigenvalue weighted by Gasteiger charge is -2.20. The molecule has 0 spiro atoms. The number of rotatable bonds is 3. The van der Waals surface area contributed by atoms with Gasteiger partial charge >= 0.3 is 0 Å². The molecule has 0 aliphatic heterocycles. The van der Waals surface area contributed by atoms with E-state index in [1.54, 1.807) is 37.4 Å². The number of nitrogens with two attached hydrogens (primary N) is 1. The Balaban J connectivity index is 2.42. The van der Waals surface area contributed by atoms with Crippen molar-refractivity contribution in [3.63, 3.8) is 0 Å². The largest absolute Gasteiger partial charge is 0.507 e. The molecule has 0 bridgehead atoms. The average Bonchev–Trinajstić information content (AvgIpc) is 2.45. The molecule has 108 valence electrons. The van der Waals surface area contributed by atoms with Crippen LogP contribution < -0.4 is 10.6 Å². The summed E-state index contributed by atoms with van der Waals surface area (Å²) in [5.41, 5.74) is 6.99. The van der Waals surface area contributed by atoms with Gasteiger partial charge in [-0.15, -0.1) is 0 Å². The van der Waals surface area contributed by atoms with Crippen molar-refractivity contribution >= 4 is 40.4 Å². The summed E-state index contributed by atoms with van der Waals surface area (Å²) in [6, 6.07) is 11.4. The first-order chi connectivity index (χ1) is 9.91. The van der Waals surface area contributed by atoms with Crippen molar-refractivity contribution in [1.29, 1.82) is 0 Å². The Morgan fingerprint density at radius 1 is 1.24 bits per heavy atom. The van der Waals surface area contributed by atoms with Crippen LogP contribution in [0.2, 0.25) is 5.02 Å². The van der Waals surface area contributed by atoms with E-state index in [-0.39, 0.29) is 22.2 Å². The maximum Gasteiger partial charge on any atom is 0.261 e. The predicted octanol–water partition coefficient (Wildman–Crippen LogP) is 2.96. The van der Waals surface area contributed by atoms with Crippen LogP contribution in [0, 0.1) is 0 Å². The molecule has 3 N–H and O–H groups in total. The second kappa shape index (κ2) is 6.11. The van der Waals surface area contributed by atoms with Crippen molar-refractivity contribution in [3.05, 3.63) is 58.6 Å². The summed E-state index contributed by atoms with van der Waals surface area (Å²) in [6.45, 7) is 0. The second-order valence-corrected chi connectivity index (χ2v) is 5.28. The van der Waals surface area contributed by atoms with Crippen molar-refractivity contribution in [2.45, 2.75) is 0 Å². The smallest absolute Gasteiger partial charge is 0.261 e. The van der Waals surface area contributed by atoms with Gasteiger partial charge in [0.25, 0.3) is 5.91 Å². The normalized spacial score (nSPS) is 10.2. The summed E-state index contributed by atoms with van der Waals surface area (Å²) in [7, 11) is 1.59. The van der Waals surface area contributed by atoms with E-state index in [1.165, 1.54) is 17.0 Å². The fourth-order valence-electron chi connectivity index (χ4n) is 1.95. The van der Waals surface area contributed by atoms with Gasteiger partial charge in [-0.1, -0.05) is 36.0 Å². The number of para-hydroxylation sites is 1. The van der Waals surface area contributed by atoms with Crippen LogP contribution in [0.3, 0.4) is 0 Å². The van der Waals surface area contributed by atoms with Crippen molar-refractivity contribution in [1.82, 2.24) is 0 Å². The first kappa shape index (κ1) is 15.3. The first-order valence-electron chi connectivity index (χ1n) is 6.07. The fourth-order valence-corrected chi connectivity index (χ4v) is 2.29. The number of phenols is 1. The van der Waals surface area contributed by atoms with Crippen molar-refractivity contribution in [2.24, 2.45) is 5.73 Å². The molecular formula is C15H13ClN2O2S. The maximum absolute atomic E-state index is 12.5. The van der Waals surface area contributed by atoms with Gasteiger partial charge in [-0.25, -0.2) is 0 Å². The molecule has 0 fully saturated rings. The van der Waals surface area contributed by atoms with E-state index in [9.17, 15) is 9.90 Å². The van der Waals surface area contributed by atoms with Crippen LogP contribution in [0.1, 0.15) is 15.9 Å². The zero-order chi connectivity index (χ0) is 15.6. The Labute approximate surface area is 132 Å². The Morgan fingerprint density at radius 3 is 2.52 bits per heavy atom. The highest BCUT2D eigenvalue weighted by atomic mass is 35.5. The van der Waals surface area contributed by atoms with Crippen LogP contribution in [-0.2, 0) is 0 Å². The molecular weight excluding hydrogens is 308 g/mol. The molecule has 0 unspecified atom stereocenters. The second-order valence-electron chi connectivity index (χ2n) is 4.41. The van der Waals surface area contributed by atoms with Crippen LogP contribution in [0.15, 0.2) is 42.5 Å². The summed E-state index contributed by atoms with van der Waals surface area (Å²) >= 11 is 10.8. The van der Waals surface area contributed by atoms with Crippen LogP contribution in [0.5, 0.6) is 5.75 Å². The highest BCUT2D eigenvalue weighted by molar-refractivity contribution is 7.80. The zero-order valence-corrected chi connectivity index (χ0v) is 12.8. The number of amides is 1. The average molecular weight is 321 g/mol. The van der Waals surface area contributed by atoms with Crippen LogP contribution in [0.4, 0.5) is 5.69 Å². The van der Waals surface area contributed by atoms with E-state index in [0.717, 1.165) is 0 Å². The minimum atomic E-state index is -0.382. The number of anilines is 1. The highest BCUT2D eigenvalue weighted by Crippen LogP contribution is 2.26. The van der Waals surface area contributed by atoms with E-state index in [1.807, 2.05) is 0 Å². The Bertz CT molecular complexity index is 719. The standard InChI is InChI=1S/C15H13ClN2O2S/c1-18(12-5-3-2-4-10(12)14(17)21)15(20)11-7-6-9(16)8-13(11)19/h2-8,19H,1H3,(H2,17,21). The van der Waals surface area contributed by atoms with Crippen molar-refractivity contribution in [2.75, 3.05) is 11.9 Å². The number of phenolic OH excluding ortho intramolecular Hbond substituents is 1. The third-order valence-electron chi connectivity index (χ3n) is 3.03. The van der Waals surface area contributed by atoms with Crippen molar-refractivity contribution in [3.8, 4) is 5.75 Å². The SMILES string of the molecule is CN(C(=O)c1ccc(Cl)cc1O)c1ccccc1C(N)=S. The van der Waals surface area contributed by atoms with Gasteiger partial charge in [0.2, 0.25) is 0 Å². The van der Waals surface area contributed by atoms with E-state index >= 15 is 0 Å². The number of halogens is 1. The topological polar surface area (TPSA) is 66.6 Å². The number of hydrogen-bond donors (Lipinski definition) is 2. The number of hydrogen-bond acceptors (Lipinski definition) is 3. The number of benzene rings is 2. The Hall–Kier alpha value is -2.11. The van der Waals surface area contributed by atoms with Gasteiger partial charge in [-0.05, 0) is 30.3 Å². The molecule has 0 heterocycles. The first-order valence-corrected chi connectivity index (χ1v) is 6.86. The van der Waals surface area contributed by atoms with Crippen molar-refractivity contribution < 1.29 is 9.90 Å². The Morgan fingerprint density at radius 2 is 1.90 bits per heavy atom. The van der Waals surface area contributed by atoms with E-state index in [0.29, 0.717) is 16.3 Å². The van der Waals surface area contributed by atoms with Gasteiger partial charge in [0.1, 0.15) is 10.7 Å². The lowest BCUT2D eigenvalue weighted by atomic mass is 10.1. The number of carbonyl (C=O) groups is 1. The van der Waals surface area contributed by atoms with Crippen LogP contribution >= 0.6 is 23.8 Å². The molecule has 2 aromatic carbocycles. The van der Waals surface area contributed by atoms with E-state index in [4.69, 9.17) is 29.6 Å². The van der Waals surface area contributed by atoms with Gasteiger partial charge in [-0.3, -0.25) is 4.79 Å². The molecule has 2 rings (SSSR count). The van der Waals surface area contributed by atoms with Gasteiger partial charge in [0.05, 0.1) is 11.3 Å². The van der Waals surface area contributed by atoms with Gasteiger partial charge in [-0.2, -0.15) is 0 Å². The third-order valence-corrected chi connectivity index (χ3v) is 3.48. The summed E-state index contributed by atoms with van der Waals surface area (Å²) in [6.07, 6.45) is 0. The Kier molecular flexibility index (Phi) is 4.45. The number of nitrogens with zero attached hydrogens (tertiary/aromatic N) is 1. The molecule has 0 radical (unpaired) electrons. The zero-order valence-electron chi connectivity index (χ0n) is 11.2. The number of carbonyl (C=O) groups excluding carboxylic acids is 1. The van der Waals surface area contributed by atoms with Gasteiger partial charge < -0.3 is 15.7 Å². The minimum absolute atomic E-state index is 0.152. The molecule has 0 atom stereocenters. The molecule has 0 aromatic heterocycles. The van der Waals surface area contributed by atoms with E-state index < -0.39 is 0 Å². The van der Waals surface area contributed by atoms with E-state index in [2.05, 4.69) is 0 Å². The molecule has 21 heavy (non-hydrogen) atoms. The molecule has 1 amide bonds. The van der Waals surface area contributed by atoms with Gasteiger partial charge in [0, 0.05) is 17.6 Å². The number of aromatic hydroxyl groups is 1. The predicted molar refractivity (Wildman–Crippen MR) is 88.2 cm³/mol. The summed E-state index contributed by atoms with van der Waals surface area (Å²) in [5.74, 6) is -0.556. The van der Waals surface area contributed by atoms with Crippen LogP contribution in [-0.4, -0.2) is 23.0 Å². The molecule has 2 aromatic rings. The molecule has 6 heteroatoms. The quantitative estimate of drug-likeness (QED) is 0.853. The maximum atomic E-state index is 12.5. The highest BCUT2D eigenvalue weighted by Gasteiger charge is 2.19.